The molecular weight excluding hydrogens is 418 g/mol. The third-order valence-corrected chi connectivity index (χ3v) is 5.23. The predicted molar refractivity (Wildman–Crippen MR) is 119 cm³/mol. The average molecular weight is 442 g/mol. The number of benzene rings is 2. The molecule has 0 atom stereocenters. The maximum absolute atomic E-state index is 12.7. The highest BCUT2D eigenvalue weighted by atomic mass is 32.1. The van der Waals surface area contributed by atoms with Crippen LogP contribution in [0, 0.1) is 0 Å². The number of hydrogen-bond acceptors (Lipinski definition) is 7. The molecule has 2 aromatic carbocycles. The van der Waals surface area contributed by atoms with Gasteiger partial charge >= 0.3 is 5.97 Å². The van der Waals surface area contributed by atoms with Crippen molar-refractivity contribution in [2.24, 2.45) is 0 Å². The predicted octanol–water partition coefficient (Wildman–Crippen LogP) is 4.63. The lowest BCUT2D eigenvalue weighted by atomic mass is 10.0. The van der Waals surface area contributed by atoms with Gasteiger partial charge in [0.1, 0.15) is 16.3 Å². The lowest BCUT2D eigenvalue weighted by Gasteiger charge is -2.11. The van der Waals surface area contributed by atoms with Crippen molar-refractivity contribution in [2.75, 3.05) is 32.8 Å². The van der Waals surface area contributed by atoms with Gasteiger partial charge in [0.15, 0.2) is 18.1 Å². The van der Waals surface area contributed by atoms with E-state index in [1.54, 1.807) is 50.8 Å². The number of anilines is 1. The molecule has 7 nitrogen and oxygen atoms in total. The molecule has 1 heterocycles. The van der Waals surface area contributed by atoms with E-state index >= 15 is 0 Å². The molecule has 0 saturated heterocycles. The second-order valence-electron chi connectivity index (χ2n) is 6.29. The van der Waals surface area contributed by atoms with E-state index in [9.17, 15) is 9.59 Å². The number of amides is 1. The van der Waals surface area contributed by atoms with Crippen molar-refractivity contribution in [1.29, 1.82) is 0 Å². The van der Waals surface area contributed by atoms with Crippen molar-refractivity contribution in [3.05, 3.63) is 59.5 Å². The highest BCUT2D eigenvalue weighted by molar-refractivity contribution is 7.15. The summed E-state index contributed by atoms with van der Waals surface area (Å²) in [5, 5.41) is 4.95. The summed E-state index contributed by atoms with van der Waals surface area (Å²) in [6.45, 7) is 1.76. The summed E-state index contributed by atoms with van der Waals surface area (Å²) < 4.78 is 21.4. The van der Waals surface area contributed by atoms with Gasteiger partial charge in [-0.1, -0.05) is 24.3 Å². The first-order valence-corrected chi connectivity index (χ1v) is 10.4. The summed E-state index contributed by atoms with van der Waals surface area (Å²) in [7, 11) is 3.09. The standard InChI is InChI=1S/C23H23NO6S/c1-4-29-23(26)21-17(15-10-11-18(27-2)19(12-15)28-3)14-31-22(21)24-20(25)13-30-16-8-6-5-7-9-16/h5-12,14H,4,13H2,1-3H3,(H,24,25). The molecule has 0 radical (unpaired) electrons. The second kappa shape index (κ2) is 10.5. The molecule has 0 saturated carbocycles. The number of rotatable bonds is 9. The molecule has 3 aromatic rings. The molecule has 8 heteroatoms. The number of nitrogens with one attached hydrogen (secondary N) is 1. The van der Waals surface area contributed by atoms with Crippen LogP contribution in [0.15, 0.2) is 53.9 Å². The molecule has 3 rings (SSSR count). The molecule has 1 N–H and O–H groups in total. The van der Waals surface area contributed by atoms with E-state index in [1.165, 1.54) is 11.3 Å². The van der Waals surface area contributed by atoms with Crippen molar-refractivity contribution < 1.29 is 28.5 Å². The minimum Gasteiger partial charge on any atom is -0.493 e. The monoisotopic (exact) mass is 441 g/mol. The number of esters is 1. The summed E-state index contributed by atoms with van der Waals surface area (Å²) in [6, 6.07) is 14.4. The Bertz CT molecular complexity index is 1050. The lowest BCUT2D eigenvalue weighted by molar-refractivity contribution is -0.118. The van der Waals surface area contributed by atoms with Gasteiger partial charge in [0.25, 0.3) is 5.91 Å². The van der Waals surface area contributed by atoms with Crippen molar-refractivity contribution in [3.8, 4) is 28.4 Å². The molecule has 0 aliphatic heterocycles. The van der Waals surface area contributed by atoms with Gasteiger partial charge in [-0.3, -0.25) is 4.79 Å². The molecular formula is C23H23NO6S. The molecule has 31 heavy (non-hydrogen) atoms. The molecule has 0 aliphatic carbocycles. The van der Waals surface area contributed by atoms with Crippen molar-refractivity contribution in [1.82, 2.24) is 0 Å². The SMILES string of the molecule is CCOC(=O)c1c(-c2ccc(OC)c(OC)c2)csc1NC(=O)COc1ccccc1. The van der Waals surface area contributed by atoms with E-state index in [0.717, 1.165) is 5.56 Å². The van der Waals surface area contributed by atoms with Gasteiger partial charge in [0.2, 0.25) is 0 Å². The fraction of sp³-hybridized carbons (Fsp3) is 0.217. The molecule has 0 bridgehead atoms. The fourth-order valence-corrected chi connectivity index (χ4v) is 3.87. The molecule has 1 aromatic heterocycles. The van der Waals surface area contributed by atoms with Crippen LogP contribution in [0.25, 0.3) is 11.1 Å². The quantitative estimate of drug-likeness (QED) is 0.488. The van der Waals surface area contributed by atoms with Gasteiger partial charge in [0, 0.05) is 10.9 Å². The second-order valence-corrected chi connectivity index (χ2v) is 7.17. The summed E-state index contributed by atoms with van der Waals surface area (Å²) in [6.07, 6.45) is 0. The normalized spacial score (nSPS) is 10.3. The molecule has 0 unspecified atom stereocenters. The molecule has 0 spiro atoms. The van der Waals surface area contributed by atoms with Crippen LogP contribution in [-0.2, 0) is 9.53 Å². The van der Waals surface area contributed by atoms with Crippen LogP contribution in [0.1, 0.15) is 17.3 Å². The third-order valence-electron chi connectivity index (χ3n) is 4.33. The Morgan fingerprint density at radius 3 is 2.42 bits per heavy atom. The summed E-state index contributed by atoms with van der Waals surface area (Å²) in [4.78, 5) is 25.1. The van der Waals surface area contributed by atoms with E-state index in [0.29, 0.717) is 27.8 Å². The van der Waals surface area contributed by atoms with Crippen LogP contribution in [0.4, 0.5) is 5.00 Å². The number of methoxy groups -OCH3 is 2. The van der Waals surface area contributed by atoms with Crippen LogP contribution in [0.2, 0.25) is 0 Å². The number of hydrogen-bond donors (Lipinski definition) is 1. The van der Waals surface area contributed by atoms with Crippen LogP contribution in [-0.4, -0.2) is 39.3 Å². The summed E-state index contributed by atoms with van der Waals surface area (Å²) >= 11 is 1.24. The fourth-order valence-electron chi connectivity index (χ4n) is 2.90. The van der Waals surface area contributed by atoms with E-state index in [2.05, 4.69) is 5.32 Å². The summed E-state index contributed by atoms with van der Waals surface area (Å²) in [5.41, 5.74) is 1.65. The van der Waals surface area contributed by atoms with Crippen molar-refractivity contribution >= 4 is 28.2 Å². The largest absolute Gasteiger partial charge is 0.493 e. The number of para-hydroxylation sites is 1. The third kappa shape index (κ3) is 5.35. The van der Waals surface area contributed by atoms with E-state index < -0.39 is 5.97 Å². The zero-order valence-electron chi connectivity index (χ0n) is 17.5. The lowest BCUT2D eigenvalue weighted by Crippen LogP contribution is -2.21. The van der Waals surface area contributed by atoms with Gasteiger partial charge in [0.05, 0.1) is 20.8 Å². The molecule has 0 fully saturated rings. The zero-order chi connectivity index (χ0) is 22.2. The van der Waals surface area contributed by atoms with E-state index in [-0.39, 0.29) is 24.7 Å². The van der Waals surface area contributed by atoms with Crippen LogP contribution >= 0.6 is 11.3 Å². The van der Waals surface area contributed by atoms with Crippen LogP contribution in [0.5, 0.6) is 17.2 Å². The Hall–Kier alpha value is -3.52. The highest BCUT2D eigenvalue weighted by Crippen LogP contribution is 2.39. The first kappa shape index (κ1) is 22.2. The Balaban J connectivity index is 1.87. The number of carbonyl (C=O) groups is 2. The van der Waals surface area contributed by atoms with Gasteiger partial charge in [-0.05, 0) is 36.8 Å². The average Bonchev–Trinajstić information content (AvgIpc) is 3.21. The highest BCUT2D eigenvalue weighted by Gasteiger charge is 2.23. The van der Waals surface area contributed by atoms with Crippen molar-refractivity contribution in [3.63, 3.8) is 0 Å². The maximum atomic E-state index is 12.7. The topological polar surface area (TPSA) is 83.1 Å². The van der Waals surface area contributed by atoms with Gasteiger partial charge in [-0.2, -0.15) is 0 Å². The number of thiophene rings is 1. The first-order valence-electron chi connectivity index (χ1n) is 9.56. The number of ether oxygens (including phenoxy) is 4. The smallest absolute Gasteiger partial charge is 0.341 e. The van der Waals surface area contributed by atoms with Crippen LogP contribution in [0.3, 0.4) is 0 Å². The van der Waals surface area contributed by atoms with E-state index in [4.69, 9.17) is 18.9 Å². The van der Waals surface area contributed by atoms with E-state index in [1.807, 2.05) is 24.3 Å². The first-order chi connectivity index (χ1) is 15.1. The summed E-state index contributed by atoms with van der Waals surface area (Å²) in [5.74, 6) is 0.789. The Morgan fingerprint density at radius 1 is 1.00 bits per heavy atom. The minimum absolute atomic E-state index is 0.185. The van der Waals surface area contributed by atoms with Gasteiger partial charge in [-0.15, -0.1) is 11.3 Å². The molecule has 1 amide bonds. The van der Waals surface area contributed by atoms with Gasteiger partial charge < -0.3 is 24.3 Å². The van der Waals surface area contributed by atoms with Crippen molar-refractivity contribution in [2.45, 2.75) is 6.92 Å². The van der Waals surface area contributed by atoms with Crippen LogP contribution < -0.4 is 19.5 Å². The Labute approximate surface area is 184 Å². The number of carbonyl (C=O) groups excluding carboxylic acids is 2. The minimum atomic E-state index is -0.521. The Kier molecular flexibility index (Phi) is 7.50. The molecule has 0 aliphatic rings. The zero-order valence-corrected chi connectivity index (χ0v) is 18.3. The Morgan fingerprint density at radius 2 is 1.74 bits per heavy atom. The molecule has 162 valence electrons. The maximum Gasteiger partial charge on any atom is 0.341 e. The van der Waals surface area contributed by atoms with Gasteiger partial charge in [-0.25, -0.2) is 4.79 Å².